The number of piperazine rings is 1. The molecule has 1 saturated carbocycles. The lowest BCUT2D eigenvalue weighted by Crippen LogP contribution is -2.52. The summed E-state index contributed by atoms with van der Waals surface area (Å²) in [6.45, 7) is 6.50. The third kappa shape index (κ3) is 4.51. The van der Waals surface area contributed by atoms with Gasteiger partial charge in [-0.15, -0.1) is 0 Å². The minimum atomic E-state index is -0.828. The molecule has 2 amide bonds. The monoisotopic (exact) mass is 391 g/mol. The van der Waals surface area contributed by atoms with Crippen molar-refractivity contribution in [2.45, 2.75) is 32.9 Å². The van der Waals surface area contributed by atoms with E-state index in [1.807, 2.05) is 36.1 Å². The highest BCUT2D eigenvalue weighted by Gasteiger charge is 2.58. The standard InChI is InChI=1S/C24H29N3O2/c1-19-6-5-9-21(16-19)17-25-22(28)24(10-11-24)23(29)27-14-12-26(13-15-27)18-20-7-3-2-4-8-20/h2-9,16H,10-15,17-18H2,1H3,(H,25,28). The van der Waals surface area contributed by atoms with Gasteiger partial charge in [-0.2, -0.15) is 0 Å². The van der Waals surface area contributed by atoms with Crippen LogP contribution in [-0.2, 0) is 22.7 Å². The zero-order valence-electron chi connectivity index (χ0n) is 17.1. The molecule has 5 nitrogen and oxygen atoms in total. The van der Waals surface area contributed by atoms with Crippen molar-refractivity contribution in [1.82, 2.24) is 15.1 Å². The van der Waals surface area contributed by atoms with Crippen molar-refractivity contribution in [3.8, 4) is 0 Å². The van der Waals surface area contributed by atoms with Crippen LogP contribution < -0.4 is 5.32 Å². The lowest BCUT2D eigenvalue weighted by molar-refractivity contribution is -0.145. The number of carbonyl (C=O) groups excluding carboxylic acids is 2. The molecule has 4 rings (SSSR count). The van der Waals surface area contributed by atoms with Crippen LogP contribution in [0.4, 0.5) is 0 Å². The van der Waals surface area contributed by atoms with Crippen LogP contribution in [0.15, 0.2) is 54.6 Å². The summed E-state index contributed by atoms with van der Waals surface area (Å²) in [6, 6.07) is 18.5. The minimum absolute atomic E-state index is 0.0126. The molecule has 1 saturated heterocycles. The summed E-state index contributed by atoms with van der Waals surface area (Å²) in [5, 5.41) is 2.99. The van der Waals surface area contributed by atoms with E-state index in [-0.39, 0.29) is 11.8 Å². The Labute approximate surface area is 172 Å². The highest BCUT2D eigenvalue weighted by atomic mass is 16.2. The van der Waals surface area contributed by atoms with E-state index < -0.39 is 5.41 Å². The smallest absolute Gasteiger partial charge is 0.238 e. The van der Waals surface area contributed by atoms with E-state index in [9.17, 15) is 9.59 Å². The average molecular weight is 392 g/mol. The number of hydrogen-bond acceptors (Lipinski definition) is 3. The molecule has 29 heavy (non-hydrogen) atoms. The number of amides is 2. The molecular formula is C24H29N3O2. The summed E-state index contributed by atoms with van der Waals surface area (Å²) < 4.78 is 0. The SMILES string of the molecule is Cc1cccc(CNC(=O)C2(C(=O)N3CCN(Cc4ccccc4)CC3)CC2)c1. The Hall–Kier alpha value is -2.66. The van der Waals surface area contributed by atoms with Gasteiger partial charge in [-0.25, -0.2) is 0 Å². The predicted octanol–water partition coefficient (Wildman–Crippen LogP) is 2.74. The van der Waals surface area contributed by atoms with Gasteiger partial charge in [0.05, 0.1) is 0 Å². The van der Waals surface area contributed by atoms with Crippen molar-refractivity contribution in [1.29, 1.82) is 0 Å². The first-order valence-corrected chi connectivity index (χ1v) is 10.5. The van der Waals surface area contributed by atoms with Crippen LogP contribution >= 0.6 is 0 Å². The number of carbonyl (C=O) groups is 2. The second-order valence-corrected chi connectivity index (χ2v) is 8.31. The Kier molecular flexibility index (Phi) is 5.67. The van der Waals surface area contributed by atoms with Crippen LogP contribution in [0.2, 0.25) is 0 Å². The highest BCUT2D eigenvalue weighted by molar-refractivity contribution is 6.07. The summed E-state index contributed by atoms with van der Waals surface area (Å²) in [4.78, 5) is 30.2. The second kappa shape index (κ2) is 8.37. The maximum atomic E-state index is 13.1. The number of rotatable bonds is 6. The van der Waals surface area contributed by atoms with Gasteiger partial charge < -0.3 is 10.2 Å². The van der Waals surface area contributed by atoms with Gasteiger partial charge in [0.25, 0.3) is 0 Å². The van der Waals surface area contributed by atoms with Gasteiger partial charge in [-0.3, -0.25) is 14.5 Å². The molecule has 5 heteroatoms. The zero-order valence-corrected chi connectivity index (χ0v) is 17.1. The fourth-order valence-corrected chi connectivity index (χ4v) is 4.09. The molecule has 1 heterocycles. The topological polar surface area (TPSA) is 52.7 Å². The maximum absolute atomic E-state index is 13.1. The molecule has 2 aliphatic rings. The van der Waals surface area contributed by atoms with Crippen LogP contribution in [0.3, 0.4) is 0 Å². The highest BCUT2D eigenvalue weighted by Crippen LogP contribution is 2.47. The summed E-state index contributed by atoms with van der Waals surface area (Å²) in [5.74, 6) is -0.102. The summed E-state index contributed by atoms with van der Waals surface area (Å²) >= 11 is 0. The molecule has 0 unspecified atom stereocenters. The van der Waals surface area contributed by atoms with Gasteiger partial charge in [-0.05, 0) is 30.9 Å². The number of nitrogens with one attached hydrogen (secondary N) is 1. The van der Waals surface area contributed by atoms with Crippen molar-refractivity contribution in [2.24, 2.45) is 5.41 Å². The van der Waals surface area contributed by atoms with Crippen LogP contribution in [0.25, 0.3) is 0 Å². The van der Waals surface area contributed by atoms with Crippen LogP contribution in [-0.4, -0.2) is 47.8 Å². The minimum Gasteiger partial charge on any atom is -0.351 e. The third-order valence-electron chi connectivity index (χ3n) is 6.04. The average Bonchev–Trinajstić information content (AvgIpc) is 3.55. The zero-order chi connectivity index (χ0) is 20.3. The molecule has 2 aromatic carbocycles. The van der Waals surface area contributed by atoms with Gasteiger partial charge in [0.15, 0.2) is 0 Å². The van der Waals surface area contributed by atoms with Crippen molar-refractivity contribution in [3.05, 3.63) is 71.3 Å². The first-order valence-electron chi connectivity index (χ1n) is 10.5. The van der Waals surface area contributed by atoms with Crippen molar-refractivity contribution in [2.75, 3.05) is 26.2 Å². The fraction of sp³-hybridized carbons (Fsp3) is 0.417. The van der Waals surface area contributed by atoms with Crippen molar-refractivity contribution >= 4 is 11.8 Å². The normalized spacial score (nSPS) is 18.3. The molecule has 2 fully saturated rings. The lowest BCUT2D eigenvalue weighted by atomic mass is 10.0. The molecule has 0 atom stereocenters. The van der Waals surface area contributed by atoms with Crippen LogP contribution in [0.1, 0.15) is 29.5 Å². The first kappa shape index (κ1) is 19.6. The quantitative estimate of drug-likeness (QED) is 0.771. The summed E-state index contributed by atoms with van der Waals surface area (Å²) in [6.07, 6.45) is 1.32. The van der Waals surface area contributed by atoms with E-state index in [4.69, 9.17) is 0 Å². The van der Waals surface area contributed by atoms with Crippen molar-refractivity contribution in [3.63, 3.8) is 0 Å². The Balaban J connectivity index is 1.29. The second-order valence-electron chi connectivity index (χ2n) is 8.31. The first-order chi connectivity index (χ1) is 14.1. The van der Waals surface area contributed by atoms with Gasteiger partial charge >= 0.3 is 0 Å². The van der Waals surface area contributed by atoms with E-state index in [1.54, 1.807) is 0 Å². The lowest BCUT2D eigenvalue weighted by Gasteiger charge is -2.36. The van der Waals surface area contributed by atoms with E-state index in [0.717, 1.165) is 25.2 Å². The van der Waals surface area contributed by atoms with E-state index in [0.29, 0.717) is 32.5 Å². The largest absolute Gasteiger partial charge is 0.351 e. The molecule has 0 bridgehead atoms. The summed E-state index contributed by atoms with van der Waals surface area (Å²) in [7, 11) is 0. The Bertz CT molecular complexity index is 869. The molecular weight excluding hydrogens is 362 g/mol. The number of aryl methyl sites for hydroxylation is 1. The van der Waals surface area contributed by atoms with Gasteiger partial charge in [0.1, 0.15) is 5.41 Å². The molecule has 2 aromatic rings. The maximum Gasteiger partial charge on any atom is 0.238 e. The van der Waals surface area contributed by atoms with Gasteiger partial charge in [-0.1, -0.05) is 60.2 Å². The predicted molar refractivity (Wildman–Crippen MR) is 113 cm³/mol. The third-order valence-corrected chi connectivity index (χ3v) is 6.04. The number of hydrogen-bond donors (Lipinski definition) is 1. The van der Waals surface area contributed by atoms with E-state index >= 15 is 0 Å². The molecule has 0 radical (unpaired) electrons. The molecule has 1 N–H and O–H groups in total. The molecule has 1 aliphatic heterocycles. The molecule has 1 aliphatic carbocycles. The molecule has 152 valence electrons. The molecule has 0 spiro atoms. The van der Waals surface area contributed by atoms with E-state index in [1.165, 1.54) is 11.1 Å². The van der Waals surface area contributed by atoms with E-state index in [2.05, 4.69) is 40.5 Å². The molecule has 0 aromatic heterocycles. The fourth-order valence-electron chi connectivity index (χ4n) is 4.09. The van der Waals surface area contributed by atoms with Crippen LogP contribution in [0, 0.1) is 12.3 Å². The van der Waals surface area contributed by atoms with Gasteiger partial charge in [0, 0.05) is 39.3 Å². The summed E-state index contributed by atoms with van der Waals surface area (Å²) in [5.41, 5.74) is 2.70. The Morgan fingerprint density at radius 1 is 0.931 bits per heavy atom. The Morgan fingerprint density at radius 3 is 2.28 bits per heavy atom. The van der Waals surface area contributed by atoms with Gasteiger partial charge in [0.2, 0.25) is 11.8 Å². The number of benzene rings is 2. The van der Waals surface area contributed by atoms with Crippen molar-refractivity contribution < 1.29 is 9.59 Å². The Morgan fingerprint density at radius 2 is 1.62 bits per heavy atom. The van der Waals surface area contributed by atoms with Crippen LogP contribution in [0.5, 0.6) is 0 Å². The number of nitrogens with zero attached hydrogens (tertiary/aromatic N) is 2.